The summed E-state index contributed by atoms with van der Waals surface area (Å²) < 4.78 is 1.77. The Labute approximate surface area is 174 Å². The zero-order valence-corrected chi connectivity index (χ0v) is 17.8. The molecule has 0 saturated carbocycles. The van der Waals surface area contributed by atoms with Crippen molar-refractivity contribution in [2.75, 3.05) is 19.6 Å². The largest absolute Gasteiger partial charge is 0.354 e. The number of carbonyl (C=O) groups is 1. The SMILES string of the molecule is CCCCC(CC)CNC(=O)C(c1ccnc(-n2ccnc2)n1)N1CCCCC1. The standard InChI is InChI=1S/C22H34N6O/c1-3-5-9-18(4-2)16-25-21(29)20(27-13-7-6-8-14-27)19-10-11-24-22(26-19)28-15-12-23-17-28/h10-12,15,17-18,20H,3-9,13-14,16H2,1-2H3,(H,25,29). The molecule has 29 heavy (non-hydrogen) atoms. The van der Waals surface area contributed by atoms with Crippen LogP contribution in [0.3, 0.4) is 0 Å². The average molecular weight is 399 g/mol. The number of piperidine rings is 1. The quantitative estimate of drug-likeness (QED) is 0.663. The fraction of sp³-hybridized carbons (Fsp3) is 0.636. The maximum Gasteiger partial charge on any atom is 0.243 e. The number of carbonyl (C=O) groups excluding carboxylic acids is 1. The van der Waals surface area contributed by atoms with Crippen LogP contribution in [0.2, 0.25) is 0 Å². The maximum absolute atomic E-state index is 13.3. The Morgan fingerprint density at radius 2 is 2.03 bits per heavy atom. The van der Waals surface area contributed by atoms with Crippen molar-refractivity contribution < 1.29 is 4.79 Å². The molecule has 0 bridgehead atoms. The second kappa shape index (κ2) is 11.0. The summed E-state index contributed by atoms with van der Waals surface area (Å²) >= 11 is 0. The van der Waals surface area contributed by atoms with Crippen LogP contribution < -0.4 is 5.32 Å². The minimum absolute atomic E-state index is 0.0529. The van der Waals surface area contributed by atoms with E-state index < -0.39 is 0 Å². The van der Waals surface area contributed by atoms with Gasteiger partial charge in [-0.25, -0.2) is 15.0 Å². The first-order valence-corrected chi connectivity index (χ1v) is 11.1. The van der Waals surface area contributed by atoms with E-state index in [0.29, 0.717) is 11.9 Å². The van der Waals surface area contributed by atoms with Crippen LogP contribution >= 0.6 is 0 Å². The van der Waals surface area contributed by atoms with Crippen molar-refractivity contribution in [2.24, 2.45) is 5.92 Å². The van der Waals surface area contributed by atoms with Gasteiger partial charge >= 0.3 is 0 Å². The third-order valence-corrected chi connectivity index (χ3v) is 5.79. The number of nitrogens with one attached hydrogen (secondary N) is 1. The molecule has 1 aliphatic heterocycles. The summed E-state index contributed by atoms with van der Waals surface area (Å²) in [6.45, 7) is 7.01. The van der Waals surface area contributed by atoms with E-state index in [1.807, 2.05) is 12.3 Å². The Hall–Kier alpha value is -2.28. The fourth-order valence-electron chi connectivity index (χ4n) is 3.96. The van der Waals surface area contributed by atoms with E-state index in [-0.39, 0.29) is 11.9 Å². The first-order chi connectivity index (χ1) is 14.2. The molecular weight excluding hydrogens is 364 g/mol. The molecule has 1 saturated heterocycles. The lowest BCUT2D eigenvalue weighted by atomic mass is 9.99. The minimum atomic E-state index is -0.371. The molecule has 0 aliphatic carbocycles. The molecule has 2 aromatic rings. The van der Waals surface area contributed by atoms with Gasteiger partial charge in [-0.2, -0.15) is 0 Å². The highest BCUT2D eigenvalue weighted by Gasteiger charge is 2.30. The predicted octanol–water partition coefficient (Wildman–Crippen LogP) is 3.52. The fourth-order valence-corrected chi connectivity index (χ4v) is 3.96. The first-order valence-electron chi connectivity index (χ1n) is 11.1. The Kier molecular flexibility index (Phi) is 8.16. The molecule has 3 heterocycles. The van der Waals surface area contributed by atoms with Gasteiger partial charge in [0, 0.05) is 25.1 Å². The van der Waals surface area contributed by atoms with Crippen molar-refractivity contribution >= 4 is 5.91 Å². The molecule has 2 aromatic heterocycles. The van der Waals surface area contributed by atoms with Gasteiger partial charge in [0.15, 0.2) is 0 Å². The Balaban J connectivity index is 1.77. The predicted molar refractivity (Wildman–Crippen MR) is 114 cm³/mol. The van der Waals surface area contributed by atoms with E-state index in [1.165, 1.54) is 25.7 Å². The Morgan fingerprint density at radius 3 is 2.72 bits per heavy atom. The molecule has 1 aliphatic rings. The van der Waals surface area contributed by atoms with E-state index in [2.05, 4.69) is 34.0 Å². The van der Waals surface area contributed by atoms with Crippen LogP contribution in [0.15, 0.2) is 31.0 Å². The van der Waals surface area contributed by atoms with Gasteiger partial charge in [0.2, 0.25) is 11.9 Å². The smallest absolute Gasteiger partial charge is 0.243 e. The highest BCUT2D eigenvalue weighted by Crippen LogP contribution is 2.24. The van der Waals surface area contributed by atoms with Crippen molar-refractivity contribution in [1.82, 2.24) is 29.7 Å². The van der Waals surface area contributed by atoms with Gasteiger partial charge in [0.05, 0.1) is 5.69 Å². The van der Waals surface area contributed by atoms with Crippen LogP contribution in [-0.4, -0.2) is 50.0 Å². The molecule has 2 atom stereocenters. The highest BCUT2D eigenvalue weighted by molar-refractivity contribution is 5.82. The van der Waals surface area contributed by atoms with E-state index >= 15 is 0 Å². The molecule has 0 spiro atoms. The van der Waals surface area contributed by atoms with Crippen molar-refractivity contribution in [3.8, 4) is 5.95 Å². The topological polar surface area (TPSA) is 75.9 Å². The van der Waals surface area contributed by atoms with Gasteiger partial charge in [-0.1, -0.05) is 39.5 Å². The Morgan fingerprint density at radius 1 is 1.21 bits per heavy atom. The molecule has 1 fully saturated rings. The molecule has 3 rings (SSSR count). The summed E-state index contributed by atoms with van der Waals surface area (Å²) in [4.78, 5) is 28.7. The molecular formula is C22H34N6O. The van der Waals surface area contributed by atoms with E-state index in [0.717, 1.165) is 44.6 Å². The van der Waals surface area contributed by atoms with Crippen LogP contribution in [0.4, 0.5) is 0 Å². The molecule has 2 unspecified atom stereocenters. The third-order valence-electron chi connectivity index (χ3n) is 5.79. The van der Waals surface area contributed by atoms with Crippen molar-refractivity contribution in [2.45, 2.75) is 64.8 Å². The first kappa shape index (κ1) is 21.4. The van der Waals surface area contributed by atoms with Gasteiger partial charge in [-0.05, 0) is 44.3 Å². The Bertz CT molecular complexity index is 742. The monoisotopic (exact) mass is 398 g/mol. The number of aromatic nitrogens is 4. The lowest BCUT2D eigenvalue weighted by Gasteiger charge is -2.33. The lowest BCUT2D eigenvalue weighted by Crippen LogP contribution is -2.44. The third kappa shape index (κ3) is 5.85. The highest BCUT2D eigenvalue weighted by atomic mass is 16.2. The van der Waals surface area contributed by atoms with Crippen LogP contribution in [0.1, 0.15) is 70.5 Å². The molecule has 0 aromatic carbocycles. The van der Waals surface area contributed by atoms with Gasteiger partial charge in [-0.15, -0.1) is 0 Å². The number of nitrogens with zero attached hydrogens (tertiary/aromatic N) is 5. The normalized spacial score (nSPS) is 17.0. The van der Waals surface area contributed by atoms with Crippen molar-refractivity contribution in [3.63, 3.8) is 0 Å². The average Bonchev–Trinajstić information content (AvgIpc) is 3.30. The summed E-state index contributed by atoms with van der Waals surface area (Å²) in [6.07, 6.45) is 15.1. The number of hydrogen-bond acceptors (Lipinski definition) is 5. The van der Waals surface area contributed by atoms with Gasteiger partial charge in [0.1, 0.15) is 12.4 Å². The number of imidazole rings is 1. The van der Waals surface area contributed by atoms with E-state index in [1.54, 1.807) is 23.3 Å². The molecule has 158 valence electrons. The maximum atomic E-state index is 13.3. The van der Waals surface area contributed by atoms with E-state index in [4.69, 9.17) is 4.98 Å². The van der Waals surface area contributed by atoms with Crippen LogP contribution in [0.5, 0.6) is 0 Å². The van der Waals surface area contributed by atoms with Crippen molar-refractivity contribution in [3.05, 3.63) is 36.7 Å². The van der Waals surface area contributed by atoms with Gasteiger partial charge < -0.3 is 5.32 Å². The summed E-state index contributed by atoms with van der Waals surface area (Å²) in [7, 11) is 0. The van der Waals surface area contributed by atoms with Crippen LogP contribution in [0.25, 0.3) is 5.95 Å². The molecule has 0 radical (unpaired) electrons. The lowest BCUT2D eigenvalue weighted by molar-refractivity contribution is -0.127. The zero-order valence-electron chi connectivity index (χ0n) is 17.8. The summed E-state index contributed by atoms with van der Waals surface area (Å²) in [5, 5.41) is 3.23. The van der Waals surface area contributed by atoms with Crippen LogP contribution in [-0.2, 0) is 4.79 Å². The molecule has 1 amide bonds. The summed E-state index contributed by atoms with van der Waals surface area (Å²) in [5.41, 5.74) is 0.754. The van der Waals surface area contributed by atoms with E-state index in [9.17, 15) is 4.79 Å². The minimum Gasteiger partial charge on any atom is -0.354 e. The van der Waals surface area contributed by atoms with Crippen molar-refractivity contribution in [1.29, 1.82) is 0 Å². The second-order valence-electron chi connectivity index (χ2n) is 7.91. The number of amides is 1. The number of hydrogen-bond donors (Lipinski definition) is 1. The van der Waals surface area contributed by atoms with Gasteiger partial charge in [0.25, 0.3) is 0 Å². The second-order valence-corrected chi connectivity index (χ2v) is 7.91. The molecule has 7 nitrogen and oxygen atoms in total. The number of rotatable bonds is 10. The zero-order chi connectivity index (χ0) is 20.5. The summed E-state index contributed by atoms with van der Waals surface area (Å²) in [5.74, 6) is 1.13. The number of unbranched alkanes of at least 4 members (excludes halogenated alkanes) is 1. The van der Waals surface area contributed by atoms with Gasteiger partial charge in [-0.3, -0.25) is 14.3 Å². The van der Waals surface area contributed by atoms with Crippen LogP contribution in [0, 0.1) is 5.92 Å². The molecule has 1 N–H and O–H groups in total. The number of likely N-dealkylation sites (tertiary alicyclic amines) is 1. The summed E-state index contributed by atoms with van der Waals surface area (Å²) in [6, 6.07) is 1.50. The molecule has 7 heteroatoms.